The lowest BCUT2D eigenvalue weighted by atomic mass is 9.92. The second-order valence-electron chi connectivity index (χ2n) is 10.3. The molecule has 36 heavy (non-hydrogen) atoms. The van der Waals surface area contributed by atoms with E-state index in [9.17, 15) is 5.11 Å². The summed E-state index contributed by atoms with van der Waals surface area (Å²) >= 11 is 0. The number of aromatic hydroxyl groups is 1. The van der Waals surface area contributed by atoms with E-state index in [0.29, 0.717) is 5.75 Å². The molecule has 0 heterocycles. The number of nitrogens with zero attached hydrogens (tertiary/aromatic N) is 1. The van der Waals surface area contributed by atoms with Gasteiger partial charge in [0.25, 0.3) is 0 Å². The Labute approximate surface area is 218 Å². The molecule has 0 bridgehead atoms. The predicted molar refractivity (Wildman–Crippen MR) is 152 cm³/mol. The van der Waals surface area contributed by atoms with Crippen LogP contribution in [0.5, 0.6) is 11.5 Å². The summed E-state index contributed by atoms with van der Waals surface area (Å²) in [5, 5.41) is 12.7. The molecule has 3 aromatic carbocycles. The summed E-state index contributed by atoms with van der Waals surface area (Å²) in [7, 11) is 1.71. The first-order valence-electron chi connectivity index (χ1n) is 13.4. The third-order valence-electron chi connectivity index (χ3n) is 6.83. The van der Waals surface area contributed by atoms with Gasteiger partial charge in [0.2, 0.25) is 0 Å². The second-order valence-corrected chi connectivity index (χ2v) is 10.3. The van der Waals surface area contributed by atoms with Gasteiger partial charge in [-0.15, -0.1) is 0 Å². The van der Waals surface area contributed by atoms with Crippen LogP contribution in [-0.2, 0) is 25.8 Å². The van der Waals surface area contributed by atoms with E-state index in [1.807, 2.05) is 24.3 Å². The number of nitrogens with one attached hydrogen (secondary N) is 1. The quantitative estimate of drug-likeness (QED) is 0.343. The van der Waals surface area contributed by atoms with Crippen molar-refractivity contribution >= 4 is 5.69 Å². The summed E-state index contributed by atoms with van der Waals surface area (Å²) in [5.74, 6) is 1.31. The predicted octanol–water partition coefficient (Wildman–Crippen LogP) is 6.92. The van der Waals surface area contributed by atoms with Gasteiger partial charge in [0, 0.05) is 30.4 Å². The number of phenolic OH excluding ortho intramolecular Hbond substituents is 1. The fourth-order valence-electron chi connectivity index (χ4n) is 4.95. The molecule has 4 nitrogen and oxygen atoms in total. The molecule has 0 saturated heterocycles. The topological polar surface area (TPSA) is 44.7 Å². The normalized spacial score (nSPS) is 12.8. The lowest BCUT2D eigenvalue weighted by Crippen LogP contribution is -2.41. The van der Waals surface area contributed by atoms with Gasteiger partial charge in [-0.2, -0.15) is 0 Å². The van der Waals surface area contributed by atoms with Crippen molar-refractivity contribution in [2.24, 2.45) is 0 Å². The van der Waals surface area contributed by atoms with E-state index in [2.05, 4.69) is 74.3 Å². The summed E-state index contributed by atoms with van der Waals surface area (Å²) < 4.78 is 5.35. The highest BCUT2D eigenvalue weighted by Gasteiger charge is 2.16. The Morgan fingerprint density at radius 1 is 0.889 bits per heavy atom. The SMILES string of the molecule is CCNC(C)(C)Cc1ccc(CN(CC)c2cccc(OC)c2)cc1.Oc1ccc2c(c1)CCCC2. The van der Waals surface area contributed by atoms with E-state index in [4.69, 9.17) is 4.74 Å². The van der Waals surface area contributed by atoms with Crippen molar-refractivity contribution in [1.82, 2.24) is 5.32 Å². The summed E-state index contributed by atoms with van der Waals surface area (Å²) in [6, 6.07) is 23.0. The van der Waals surface area contributed by atoms with E-state index in [-0.39, 0.29) is 5.54 Å². The van der Waals surface area contributed by atoms with Crippen LogP contribution in [0.15, 0.2) is 66.7 Å². The molecule has 0 saturated carbocycles. The van der Waals surface area contributed by atoms with Gasteiger partial charge < -0.3 is 20.1 Å². The molecule has 1 aliphatic rings. The molecule has 1 aliphatic carbocycles. The van der Waals surface area contributed by atoms with Crippen LogP contribution in [-0.4, -0.2) is 30.8 Å². The highest BCUT2D eigenvalue weighted by molar-refractivity contribution is 5.51. The molecular weight excluding hydrogens is 444 g/mol. The number of hydrogen-bond donors (Lipinski definition) is 2. The first-order chi connectivity index (χ1) is 17.3. The lowest BCUT2D eigenvalue weighted by Gasteiger charge is -2.26. The van der Waals surface area contributed by atoms with Gasteiger partial charge in [0.1, 0.15) is 11.5 Å². The van der Waals surface area contributed by atoms with Gasteiger partial charge in [-0.3, -0.25) is 0 Å². The molecule has 0 spiro atoms. The maximum Gasteiger partial charge on any atom is 0.120 e. The third kappa shape index (κ3) is 8.30. The fraction of sp³-hybridized carbons (Fsp3) is 0.438. The lowest BCUT2D eigenvalue weighted by molar-refractivity contribution is 0.397. The monoisotopic (exact) mass is 488 g/mol. The van der Waals surface area contributed by atoms with E-state index in [0.717, 1.165) is 38.2 Å². The number of fused-ring (bicyclic) bond motifs is 1. The zero-order chi connectivity index (χ0) is 26.0. The molecule has 194 valence electrons. The van der Waals surface area contributed by atoms with Crippen molar-refractivity contribution in [3.05, 3.63) is 89.0 Å². The molecule has 4 heteroatoms. The van der Waals surface area contributed by atoms with Crippen molar-refractivity contribution in [2.45, 2.75) is 71.9 Å². The summed E-state index contributed by atoms with van der Waals surface area (Å²) in [4.78, 5) is 2.36. The van der Waals surface area contributed by atoms with Crippen molar-refractivity contribution in [1.29, 1.82) is 0 Å². The van der Waals surface area contributed by atoms with Crippen LogP contribution in [0.2, 0.25) is 0 Å². The largest absolute Gasteiger partial charge is 0.508 e. The van der Waals surface area contributed by atoms with Crippen molar-refractivity contribution in [3.63, 3.8) is 0 Å². The smallest absolute Gasteiger partial charge is 0.120 e. The molecule has 0 amide bonds. The number of phenols is 1. The van der Waals surface area contributed by atoms with Crippen LogP contribution in [0.25, 0.3) is 0 Å². The first-order valence-corrected chi connectivity index (χ1v) is 13.4. The number of benzene rings is 3. The van der Waals surface area contributed by atoms with E-state index in [1.165, 1.54) is 47.2 Å². The molecule has 2 N–H and O–H groups in total. The number of aryl methyl sites for hydroxylation is 2. The molecule has 3 aromatic rings. The molecular formula is C32H44N2O2. The van der Waals surface area contributed by atoms with Crippen LogP contribution in [0.4, 0.5) is 5.69 Å². The van der Waals surface area contributed by atoms with Gasteiger partial charge in [-0.1, -0.05) is 43.3 Å². The molecule has 0 radical (unpaired) electrons. The van der Waals surface area contributed by atoms with Crippen LogP contribution in [0.1, 0.15) is 62.8 Å². The Morgan fingerprint density at radius 3 is 2.25 bits per heavy atom. The Kier molecular flexibility index (Phi) is 10.2. The minimum absolute atomic E-state index is 0.131. The van der Waals surface area contributed by atoms with Gasteiger partial charge >= 0.3 is 0 Å². The average Bonchev–Trinajstić information content (AvgIpc) is 2.88. The van der Waals surface area contributed by atoms with Gasteiger partial charge in [0.05, 0.1) is 7.11 Å². The maximum atomic E-state index is 9.19. The molecule has 0 unspecified atom stereocenters. The molecule has 0 aromatic heterocycles. The number of anilines is 1. The Morgan fingerprint density at radius 2 is 1.58 bits per heavy atom. The Bertz CT molecular complexity index is 1080. The number of rotatable bonds is 9. The molecule has 0 aliphatic heterocycles. The standard InChI is InChI=1S/C22H32N2O.C10H12O/c1-6-23-22(3,4)16-18-11-13-19(14-12-18)17-24(7-2)20-9-8-10-21(15-20)25-5;11-10-6-5-8-3-1-2-4-9(8)7-10/h8-15,23H,6-7,16-17H2,1-5H3;5-7,11H,1-4H2. The van der Waals surface area contributed by atoms with Crippen molar-refractivity contribution in [2.75, 3.05) is 25.1 Å². The summed E-state index contributed by atoms with van der Waals surface area (Å²) in [5.41, 5.74) is 6.80. The van der Waals surface area contributed by atoms with E-state index >= 15 is 0 Å². The summed E-state index contributed by atoms with van der Waals surface area (Å²) in [6.07, 6.45) is 5.95. The minimum atomic E-state index is 0.131. The molecule has 4 rings (SSSR count). The number of methoxy groups -OCH3 is 1. The van der Waals surface area contributed by atoms with Gasteiger partial charge in [-0.25, -0.2) is 0 Å². The Balaban J connectivity index is 0.000000270. The maximum absolute atomic E-state index is 9.19. The van der Waals surface area contributed by atoms with Crippen LogP contribution < -0.4 is 15.0 Å². The number of hydrogen-bond acceptors (Lipinski definition) is 4. The zero-order valence-electron chi connectivity index (χ0n) is 22.8. The Hall–Kier alpha value is -2.98. The van der Waals surface area contributed by atoms with Crippen LogP contribution in [0.3, 0.4) is 0 Å². The van der Waals surface area contributed by atoms with Crippen molar-refractivity contribution < 1.29 is 9.84 Å². The third-order valence-corrected chi connectivity index (χ3v) is 6.83. The van der Waals surface area contributed by atoms with Gasteiger partial charge in [-0.05, 0) is 106 Å². The van der Waals surface area contributed by atoms with Crippen molar-refractivity contribution in [3.8, 4) is 11.5 Å². The molecule has 0 atom stereocenters. The van der Waals surface area contributed by atoms with Gasteiger partial charge in [0.15, 0.2) is 0 Å². The van der Waals surface area contributed by atoms with E-state index < -0.39 is 0 Å². The van der Waals surface area contributed by atoms with E-state index in [1.54, 1.807) is 13.2 Å². The number of likely N-dealkylation sites (N-methyl/N-ethyl adjacent to an activating group) is 1. The van der Waals surface area contributed by atoms with Crippen LogP contribution >= 0.6 is 0 Å². The summed E-state index contributed by atoms with van der Waals surface area (Å²) in [6.45, 7) is 11.7. The second kappa shape index (κ2) is 13.4. The highest BCUT2D eigenvalue weighted by atomic mass is 16.5. The minimum Gasteiger partial charge on any atom is -0.508 e. The van der Waals surface area contributed by atoms with Crippen LogP contribution in [0, 0.1) is 0 Å². The molecule has 0 fully saturated rings. The zero-order valence-corrected chi connectivity index (χ0v) is 22.8. The fourth-order valence-corrected chi connectivity index (χ4v) is 4.95. The highest BCUT2D eigenvalue weighted by Crippen LogP contribution is 2.25. The first kappa shape index (κ1) is 27.6. The number of ether oxygens (including phenoxy) is 1. The average molecular weight is 489 g/mol.